The van der Waals surface area contributed by atoms with Crippen LogP contribution in [0, 0.1) is 5.82 Å². The molecule has 5 rings (SSSR count). The van der Waals surface area contributed by atoms with Crippen molar-refractivity contribution in [2.75, 3.05) is 19.6 Å². The van der Waals surface area contributed by atoms with Gasteiger partial charge in [0.15, 0.2) is 0 Å². The summed E-state index contributed by atoms with van der Waals surface area (Å²) in [7, 11) is 0. The molecule has 2 aliphatic carbocycles. The Morgan fingerprint density at radius 3 is 2.85 bits per heavy atom. The van der Waals surface area contributed by atoms with Crippen molar-refractivity contribution in [1.82, 2.24) is 19.6 Å². The maximum atomic E-state index is 13.7. The van der Waals surface area contributed by atoms with E-state index < -0.39 is 5.82 Å². The normalized spacial score (nSPS) is 23.1. The highest BCUT2D eigenvalue weighted by Crippen LogP contribution is 2.42. The van der Waals surface area contributed by atoms with Gasteiger partial charge in [-0.05, 0) is 37.8 Å². The largest absolute Gasteiger partial charge is 0.314 e. The molecule has 3 aliphatic rings. The molecule has 1 spiro atoms. The smallest absolute Gasteiger partial charge is 0.262 e. The zero-order chi connectivity index (χ0) is 17.7. The van der Waals surface area contributed by atoms with E-state index in [1.54, 1.807) is 6.07 Å². The van der Waals surface area contributed by atoms with Crippen molar-refractivity contribution >= 4 is 5.65 Å². The Morgan fingerprint density at radius 1 is 1.27 bits per heavy atom. The van der Waals surface area contributed by atoms with Crippen LogP contribution in [0.2, 0.25) is 0 Å². The van der Waals surface area contributed by atoms with Crippen molar-refractivity contribution in [2.24, 2.45) is 0 Å². The van der Waals surface area contributed by atoms with E-state index in [2.05, 4.69) is 10.2 Å². The molecule has 2 aromatic heterocycles. The number of halogens is 1. The number of pyridine rings is 1. The predicted octanol–water partition coefficient (Wildman–Crippen LogP) is 2.43. The number of piperazine rings is 1. The van der Waals surface area contributed by atoms with Crippen LogP contribution in [0.3, 0.4) is 0 Å². The minimum atomic E-state index is -0.402. The molecule has 0 atom stereocenters. The predicted molar refractivity (Wildman–Crippen MR) is 97.9 cm³/mol. The van der Waals surface area contributed by atoms with Crippen molar-refractivity contribution in [2.45, 2.75) is 56.5 Å². The van der Waals surface area contributed by atoms with Gasteiger partial charge in [-0.25, -0.2) is 9.37 Å². The summed E-state index contributed by atoms with van der Waals surface area (Å²) in [5.74, 6) is -0.00356. The molecule has 5 nitrogen and oxygen atoms in total. The lowest BCUT2D eigenvalue weighted by Gasteiger charge is -2.45. The topological polar surface area (TPSA) is 49.6 Å². The second-order valence-corrected chi connectivity index (χ2v) is 8.16. The molecule has 0 unspecified atom stereocenters. The maximum Gasteiger partial charge on any atom is 0.262 e. The average molecular weight is 356 g/mol. The van der Waals surface area contributed by atoms with E-state index in [-0.39, 0.29) is 11.1 Å². The number of nitrogens with one attached hydrogen (secondary N) is 1. The molecule has 2 aromatic rings. The van der Waals surface area contributed by atoms with Crippen LogP contribution < -0.4 is 10.9 Å². The Morgan fingerprint density at radius 2 is 2.08 bits per heavy atom. The first-order valence-electron chi connectivity index (χ1n) is 9.83. The van der Waals surface area contributed by atoms with Crippen molar-refractivity contribution in [3.8, 4) is 0 Å². The molecule has 0 radical (unpaired) electrons. The van der Waals surface area contributed by atoms with E-state index in [1.807, 2.05) is 0 Å². The Balaban J connectivity index is 1.60. The standard InChI is InChI=1S/C20H25FN4O/c21-15-5-6-17-23-18(14-3-4-14)16(19(26)25(17)11-15)12-24-10-9-22-13-20(24)7-1-2-8-20/h5-6,11,14,22H,1-4,7-10,12-13H2. The van der Waals surface area contributed by atoms with Gasteiger partial charge in [-0.3, -0.25) is 14.1 Å². The zero-order valence-corrected chi connectivity index (χ0v) is 15.0. The SMILES string of the molecule is O=c1c(CN2CCNCC23CCCC3)c(C2CC2)nc2ccc(F)cn12. The fourth-order valence-corrected chi connectivity index (χ4v) is 4.86. The van der Waals surface area contributed by atoms with Gasteiger partial charge in [-0.15, -0.1) is 0 Å². The number of nitrogens with zero attached hydrogens (tertiary/aromatic N) is 3. The van der Waals surface area contributed by atoms with E-state index in [0.29, 0.717) is 18.1 Å². The summed E-state index contributed by atoms with van der Waals surface area (Å²) < 4.78 is 15.1. The second kappa shape index (κ2) is 6.13. The summed E-state index contributed by atoms with van der Waals surface area (Å²) in [5, 5.41) is 3.54. The third kappa shape index (κ3) is 2.67. The van der Waals surface area contributed by atoms with Crippen LogP contribution in [0.25, 0.3) is 5.65 Å². The first kappa shape index (κ1) is 16.4. The minimum absolute atomic E-state index is 0.0944. The Kier molecular flexibility index (Phi) is 3.87. The molecule has 0 bridgehead atoms. The Hall–Kier alpha value is -1.79. The van der Waals surface area contributed by atoms with Crippen molar-refractivity contribution < 1.29 is 4.39 Å². The zero-order valence-electron chi connectivity index (χ0n) is 15.0. The first-order valence-corrected chi connectivity index (χ1v) is 9.83. The summed E-state index contributed by atoms with van der Waals surface area (Å²) in [6.45, 7) is 3.55. The maximum absolute atomic E-state index is 13.7. The lowest BCUT2D eigenvalue weighted by atomic mass is 9.92. The summed E-state index contributed by atoms with van der Waals surface area (Å²) in [5.41, 5.74) is 2.37. The van der Waals surface area contributed by atoms with Gasteiger partial charge >= 0.3 is 0 Å². The van der Waals surface area contributed by atoms with Crippen LogP contribution in [0.15, 0.2) is 23.1 Å². The monoisotopic (exact) mass is 356 g/mol. The van der Waals surface area contributed by atoms with Gasteiger partial charge in [0.05, 0.1) is 11.3 Å². The van der Waals surface area contributed by atoms with Gasteiger partial charge in [0.2, 0.25) is 0 Å². The molecule has 1 N–H and O–H groups in total. The van der Waals surface area contributed by atoms with Crippen LogP contribution in [-0.2, 0) is 6.54 Å². The van der Waals surface area contributed by atoms with E-state index in [9.17, 15) is 9.18 Å². The average Bonchev–Trinajstić information content (AvgIpc) is 3.39. The molecule has 138 valence electrons. The summed E-state index contributed by atoms with van der Waals surface area (Å²) in [4.78, 5) is 20.5. The first-order chi connectivity index (χ1) is 12.7. The van der Waals surface area contributed by atoms with Crippen LogP contribution >= 0.6 is 0 Å². The molecule has 3 fully saturated rings. The molecular formula is C20H25FN4O. The molecule has 0 amide bonds. The molecular weight excluding hydrogens is 331 g/mol. The molecule has 1 saturated heterocycles. The van der Waals surface area contributed by atoms with Crippen molar-refractivity contribution in [3.63, 3.8) is 0 Å². The van der Waals surface area contributed by atoms with Gasteiger partial charge < -0.3 is 5.32 Å². The van der Waals surface area contributed by atoms with Crippen LogP contribution in [0.4, 0.5) is 4.39 Å². The molecule has 6 heteroatoms. The highest BCUT2D eigenvalue weighted by atomic mass is 19.1. The molecule has 1 aliphatic heterocycles. The van der Waals surface area contributed by atoms with E-state index in [1.165, 1.54) is 42.3 Å². The van der Waals surface area contributed by atoms with Gasteiger partial charge in [0.1, 0.15) is 11.5 Å². The Labute approximate surface area is 152 Å². The van der Waals surface area contributed by atoms with E-state index >= 15 is 0 Å². The lowest BCUT2D eigenvalue weighted by molar-refractivity contribution is 0.0565. The lowest BCUT2D eigenvalue weighted by Crippen LogP contribution is -2.59. The molecule has 26 heavy (non-hydrogen) atoms. The third-order valence-corrected chi connectivity index (χ3v) is 6.44. The summed E-state index contributed by atoms with van der Waals surface area (Å²) in [6, 6.07) is 2.98. The van der Waals surface area contributed by atoms with E-state index in [0.717, 1.165) is 43.7 Å². The molecule has 3 heterocycles. The van der Waals surface area contributed by atoms with Crippen LogP contribution in [0.1, 0.15) is 55.7 Å². The van der Waals surface area contributed by atoms with Gasteiger partial charge in [0, 0.05) is 43.8 Å². The fourth-order valence-electron chi connectivity index (χ4n) is 4.86. The summed E-state index contributed by atoms with van der Waals surface area (Å²) >= 11 is 0. The second-order valence-electron chi connectivity index (χ2n) is 8.16. The summed E-state index contributed by atoms with van der Waals surface area (Å²) in [6.07, 6.45) is 8.37. The highest BCUT2D eigenvalue weighted by Gasteiger charge is 2.42. The third-order valence-electron chi connectivity index (χ3n) is 6.44. The molecule has 2 saturated carbocycles. The van der Waals surface area contributed by atoms with Crippen LogP contribution in [0.5, 0.6) is 0 Å². The number of fused-ring (bicyclic) bond motifs is 1. The Bertz CT molecular complexity index is 899. The number of hydrogen-bond donors (Lipinski definition) is 1. The van der Waals surface area contributed by atoms with E-state index in [4.69, 9.17) is 4.98 Å². The molecule has 0 aromatic carbocycles. The number of rotatable bonds is 3. The minimum Gasteiger partial charge on any atom is -0.314 e. The van der Waals surface area contributed by atoms with Gasteiger partial charge in [0.25, 0.3) is 5.56 Å². The van der Waals surface area contributed by atoms with Gasteiger partial charge in [-0.1, -0.05) is 12.8 Å². The fraction of sp³-hybridized carbons (Fsp3) is 0.600. The highest BCUT2D eigenvalue weighted by molar-refractivity contribution is 5.42. The van der Waals surface area contributed by atoms with Crippen LogP contribution in [-0.4, -0.2) is 39.5 Å². The number of hydrogen-bond acceptors (Lipinski definition) is 4. The van der Waals surface area contributed by atoms with Crippen molar-refractivity contribution in [1.29, 1.82) is 0 Å². The number of aromatic nitrogens is 2. The quantitative estimate of drug-likeness (QED) is 0.918. The van der Waals surface area contributed by atoms with Crippen molar-refractivity contribution in [3.05, 3.63) is 45.8 Å². The van der Waals surface area contributed by atoms with Gasteiger partial charge in [-0.2, -0.15) is 0 Å².